The second-order valence-electron chi connectivity index (χ2n) is 8.50. The molecule has 0 atom stereocenters. The Kier molecular flexibility index (Phi) is 7.31. The summed E-state index contributed by atoms with van der Waals surface area (Å²) < 4.78 is 15.6. The molecule has 1 fully saturated rings. The number of nitrogens with one attached hydrogen (secondary N) is 3. The molecule has 1 aliphatic rings. The quantitative estimate of drug-likeness (QED) is 0.413. The first-order valence-corrected chi connectivity index (χ1v) is 12.5. The van der Waals surface area contributed by atoms with E-state index < -0.39 is 0 Å². The number of carbonyl (C=O) groups excluding carboxylic acids is 1. The van der Waals surface area contributed by atoms with Crippen LogP contribution in [-0.2, 0) is 12.0 Å². The number of thiazole rings is 1. The smallest absolute Gasteiger partial charge is 0.321 e. The molecule has 4 rings (SSSR count). The normalized spacial score (nSPS) is 14.2. The first-order chi connectivity index (χ1) is 15.8. The molecule has 9 heteroatoms. The zero-order valence-electron chi connectivity index (χ0n) is 18.6. The second kappa shape index (κ2) is 10.2. The van der Waals surface area contributed by atoms with E-state index in [-0.39, 0.29) is 23.8 Å². The summed E-state index contributed by atoms with van der Waals surface area (Å²) in [6.07, 6.45) is 0. The van der Waals surface area contributed by atoms with Crippen LogP contribution in [0, 0.1) is 5.82 Å². The third-order valence-electron chi connectivity index (χ3n) is 5.85. The van der Waals surface area contributed by atoms with E-state index >= 15 is 0 Å². The fraction of sp³-hybridized carbons (Fsp3) is 0.333. The van der Waals surface area contributed by atoms with Crippen molar-refractivity contribution >= 4 is 44.1 Å². The number of halogens is 2. The Labute approximate surface area is 205 Å². The summed E-state index contributed by atoms with van der Waals surface area (Å²) >= 11 is 4.85. The number of nitrogens with zero attached hydrogens (tertiary/aromatic N) is 2. The van der Waals surface area contributed by atoms with Crippen LogP contribution in [0.2, 0.25) is 0 Å². The number of urea groups is 1. The van der Waals surface area contributed by atoms with E-state index in [0.29, 0.717) is 16.4 Å². The molecule has 1 saturated heterocycles. The van der Waals surface area contributed by atoms with Crippen molar-refractivity contribution in [1.82, 2.24) is 15.6 Å². The first kappa shape index (κ1) is 23.7. The maximum atomic E-state index is 14.6. The highest BCUT2D eigenvalue weighted by Gasteiger charge is 2.26. The number of aromatic nitrogens is 1. The van der Waals surface area contributed by atoms with E-state index in [1.165, 1.54) is 17.4 Å². The van der Waals surface area contributed by atoms with E-state index in [0.717, 1.165) is 41.9 Å². The lowest BCUT2D eigenvalue weighted by atomic mass is 9.82. The van der Waals surface area contributed by atoms with Crippen LogP contribution in [0.1, 0.15) is 30.7 Å². The van der Waals surface area contributed by atoms with Gasteiger partial charge in [0.05, 0.1) is 11.4 Å². The number of hydrogen-bond acceptors (Lipinski definition) is 5. The van der Waals surface area contributed by atoms with Crippen molar-refractivity contribution in [3.63, 3.8) is 0 Å². The molecule has 2 amide bonds. The predicted octanol–water partition coefficient (Wildman–Crippen LogP) is 5.10. The van der Waals surface area contributed by atoms with Gasteiger partial charge in [0, 0.05) is 48.0 Å². The van der Waals surface area contributed by atoms with Crippen molar-refractivity contribution < 1.29 is 9.18 Å². The Morgan fingerprint density at radius 3 is 2.64 bits per heavy atom. The molecule has 1 aromatic heterocycles. The Bertz CT molecular complexity index is 1110. The SMILES string of the molecule is CC(C)(c1ccc(Br)cc1)c1csc(NC(=O)NCc2ccc(N3CCNCC3)c(F)c2)n1. The van der Waals surface area contributed by atoms with Crippen molar-refractivity contribution in [2.45, 2.75) is 25.8 Å². The monoisotopic (exact) mass is 531 g/mol. The third-order valence-corrected chi connectivity index (χ3v) is 7.14. The lowest BCUT2D eigenvalue weighted by Gasteiger charge is -2.29. The molecule has 3 N–H and O–H groups in total. The maximum absolute atomic E-state index is 14.6. The van der Waals surface area contributed by atoms with Gasteiger partial charge in [-0.05, 0) is 35.4 Å². The average molecular weight is 532 g/mol. The van der Waals surface area contributed by atoms with Gasteiger partial charge in [-0.3, -0.25) is 5.32 Å². The minimum atomic E-state index is -0.371. The fourth-order valence-electron chi connectivity index (χ4n) is 3.78. The summed E-state index contributed by atoms with van der Waals surface area (Å²) in [6, 6.07) is 12.9. The molecule has 0 spiro atoms. The van der Waals surface area contributed by atoms with Crippen LogP contribution in [0.3, 0.4) is 0 Å². The second-order valence-corrected chi connectivity index (χ2v) is 10.3. The number of benzene rings is 2. The maximum Gasteiger partial charge on any atom is 0.321 e. The Morgan fingerprint density at radius 1 is 1.21 bits per heavy atom. The van der Waals surface area contributed by atoms with E-state index in [1.807, 2.05) is 28.5 Å². The van der Waals surface area contributed by atoms with Crippen molar-refractivity contribution in [2.75, 3.05) is 36.4 Å². The van der Waals surface area contributed by atoms with Crippen LogP contribution in [0.5, 0.6) is 0 Å². The number of carbonyl (C=O) groups is 1. The van der Waals surface area contributed by atoms with Crippen LogP contribution in [-0.4, -0.2) is 37.2 Å². The van der Waals surface area contributed by atoms with Crippen LogP contribution in [0.4, 0.5) is 20.0 Å². The molecule has 0 aliphatic carbocycles. The minimum absolute atomic E-state index is 0.229. The molecule has 6 nitrogen and oxygen atoms in total. The summed E-state index contributed by atoms with van der Waals surface area (Å²) in [5.74, 6) is -0.267. The molecule has 0 saturated carbocycles. The van der Waals surface area contributed by atoms with Crippen LogP contribution < -0.4 is 20.9 Å². The van der Waals surface area contributed by atoms with Crippen molar-refractivity contribution in [3.8, 4) is 0 Å². The standard InChI is InChI=1S/C24H27BrFN5OS/c1-24(2,17-4-6-18(25)7-5-17)21-15-33-23(29-21)30-22(32)28-14-16-3-8-20(19(26)13-16)31-11-9-27-10-12-31/h3-8,13,15,27H,9-12,14H2,1-2H3,(H2,28,29,30,32). The summed E-state index contributed by atoms with van der Waals surface area (Å²) in [6.45, 7) is 7.70. The lowest BCUT2D eigenvalue weighted by Crippen LogP contribution is -2.43. The fourth-order valence-corrected chi connectivity index (χ4v) is 4.92. The van der Waals surface area contributed by atoms with Crippen molar-refractivity contribution in [2.24, 2.45) is 0 Å². The zero-order chi connectivity index (χ0) is 23.4. The van der Waals surface area contributed by atoms with Gasteiger partial charge in [0.1, 0.15) is 5.82 Å². The van der Waals surface area contributed by atoms with Gasteiger partial charge in [-0.15, -0.1) is 11.3 Å². The topological polar surface area (TPSA) is 69.3 Å². The van der Waals surface area contributed by atoms with E-state index in [2.05, 4.69) is 62.8 Å². The van der Waals surface area contributed by atoms with Gasteiger partial charge in [0.25, 0.3) is 0 Å². The van der Waals surface area contributed by atoms with Crippen molar-refractivity contribution in [1.29, 1.82) is 0 Å². The molecule has 0 radical (unpaired) electrons. The molecule has 33 heavy (non-hydrogen) atoms. The summed E-state index contributed by atoms with van der Waals surface area (Å²) in [5.41, 5.74) is 3.04. The van der Waals surface area contributed by atoms with E-state index in [1.54, 1.807) is 6.07 Å². The number of piperazine rings is 1. The summed E-state index contributed by atoms with van der Waals surface area (Å²) in [7, 11) is 0. The van der Waals surface area contributed by atoms with Crippen LogP contribution in [0.15, 0.2) is 52.3 Å². The zero-order valence-corrected chi connectivity index (χ0v) is 21.0. The average Bonchev–Trinajstić information content (AvgIpc) is 3.28. The highest BCUT2D eigenvalue weighted by atomic mass is 79.9. The van der Waals surface area contributed by atoms with Gasteiger partial charge in [-0.2, -0.15) is 0 Å². The highest BCUT2D eigenvalue weighted by Crippen LogP contribution is 2.34. The highest BCUT2D eigenvalue weighted by molar-refractivity contribution is 9.10. The number of anilines is 2. The summed E-state index contributed by atoms with van der Waals surface area (Å²) in [5, 5.41) is 11.3. The molecule has 3 aromatic rings. The summed E-state index contributed by atoms with van der Waals surface area (Å²) in [4.78, 5) is 19.0. The minimum Gasteiger partial charge on any atom is -0.367 e. The first-order valence-electron chi connectivity index (χ1n) is 10.8. The van der Waals surface area contributed by atoms with E-state index in [9.17, 15) is 9.18 Å². The molecule has 1 aliphatic heterocycles. The van der Waals surface area contributed by atoms with Gasteiger partial charge in [0.2, 0.25) is 0 Å². The Hall–Kier alpha value is -2.49. The molecule has 174 valence electrons. The molecule has 2 heterocycles. The van der Waals surface area contributed by atoms with Crippen LogP contribution in [0.25, 0.3) is 0 Å². The molecule has 0 bridgehead atoms. The number of rotatable bonds is 6. The Morgan fingerprint density at radius 2 is 1.94 bits per heavy atom. The van der Waals surface area contributed by atoms with E-state index in [4.69, 9.17) is 0 Å². The third kappa shape index (κ3) is 5.72. The van der Waals surface area contributed by atoms with Gasteiger partial charge >= 0.3 is 6.03 Å². The molecule has 0 unspecified atom stereocenters. The van der Waals surface area contributed by atoms with Gasteiger partial charge in [-0.25, -0.2) is 14.2 Å². The van der Waals surface area contributed by atoms with Gasteiger partial charge in [0.15, 0.2) is 5.13 Å². The van der Waals surface area contributed by atoms with Crippen molar-refractivity contribution in [3.05, 3.63) is 75.0 Å². The van der Waals surface area contributed by atoms with Crippen LogP contribution >= 0.6 is 27.3 Å². The predicted molar refractivity (Wildman–Crippen MR) is 136 cm³/mol. The number of amides is 2. The number of hydrogen-bond donors (Lipinski definition) is 3. The van der Waals surface area contributed by atoms with Gasteiger partial charge in [-0.1, -0.05) is 48.0 Å². The largest absolute Gasteiger partial charge is 0.367 e. The lowest BCUT2D eigenvalue weighted by molar-refractivity contribution is 0.251. The molecule has 2 aromatic carbocycles. The van der Waals surface area contributed by atoms with Gasteiger partial charge < -0.3 is 15.5 Å². The molecular weight excluding hydrogens is 505 g/mol. The molecular formula is C24H27BrFN5OS. The Balaban J connectivity index is 1.33.